The van der Waals surface area contributed by atoms with E-state index in [0.29, 0.717) is 36.3 Å². The maximum Gasteiger partial charge on any atom is 0.344 e. The van der Waals surface area contributed by atoms with Crippen LogP contribution < -0.4 is 5.69 Å². The van der Waals surface area contributed by atoms with E-state index in [9.17, 15) is 13.2 Å². The molecule has 0 bridgehead atoms. The van der Waals surface area contributed by atoms with Gasteiger partial charge in [-0.3, -0.25) is 4.57 Å². The van der Waals surface area contributed by atoms with Gasteiger partial charge in [0.25, 0.3) is 10.0 Å². The van der Waals surface area contributed by atoms with Crippen molar-refractivity contribution in [3.8, 4) is 0 Å². The third-order valence-electron chi connectivity index (χ3n) is 4.77. The van der Waals surface area contributed by atoms with E-state index in [1.807, 2.05) is 0 Å². The number of nitrogens with zero attached hydrogens (tertiary/aromatic N) is 3. The van der Waals surface area contributed by atoms with Gasteiger partial charge >= 0.3 is 5.69 Å². The average molecular weight is 415 g/mol. The number of rotatable bonds is 7. The van der Waals surface area contributed by atoms with Crippen molar-refractivity contribution < 1.29 is 17.6 Å². The largest absolute Gasteiger partial charge is 0.447 e. The Balaban J connectivity index is 1.42. The minimum absolute atomic E-state index is 0.0282. The third-order valence-corrected chi connectivity index (χ3v) is 7.54. The number of H-pyrrole nitrogens is 1. The Morgan fingerprint density at radius 3 is 2.81 bits per heavy atom. The van der Waals surface area contributed by atoms with Crippen molar-refractivity contribution in [2.45, 2.75) is 54.3 Å². The zero-order chi connectivity index (χ0) is 18.9. The number of sulfonamides is 1. The molecule has 0 aromatic carbocycles. The molecule has 2 aromatic rings. The fourth-order valence-electron chi connectivity index (χ4n) is 3.33. The maximum atomic E-state index is 12.5. The summed E-state index contributed by atoms with van der Waals surface area (Å²) >= 11 is 1.32. The highest BCUT2D eigenvalue weighted by Crippen LogP contribution is 2.26. The van der Waals surface area contributed by atoms with Crippen LogP contribution in [0, 0.1) is 0 Å². The molecule has 4 rings (SSSR count). The summed E-state index contributed by atoms with van der Waals surface area (Å²) in [5, 5.41) is 7.03. The van der Waals surface area contributed by atoms with Crippen LogP contribution in [0.3, 0.4) is 0 Å². The molecule has 1 N–H and O–H groups in total. The van der Waals surface area contributed by atoms with Gasteiger partial charge in [-0.2, -0.15) is 4.31 Å². The SMILES string of the molecule is O=c1[nH]nc(SCc2ccc(S(=O)(=O)N3CCCC3)o2)n1CC1CCCO1. The smallest absolute Gasteiger partial charge is 0.344 e. The van der Waals surface area contributed by atoms with Crippen LogP contribution in [0.2, 0.25) is 0 Å². The number of aromatic nitrogens is 3. The quantitative estimate of drug-likeness (QED) is 0.682. The zero-order valence-corrected chi connectivity index (χ0v) is 16.4. The van der Waals surface area contributed by atoms with Crippen LogP contribution in [-0.2, 0) is 27.1 Å². The van der Waals surface area contributed by atoms with Crippen molar-refractivity contribution in [1.29, 1.82) is 0 Å². The Morgan fingerprint density at radius 1 is 1.26 bits per heavy atom. The number of thioether (sulfide) groups is 1. The molecule has 1 unspecified atom stereocenters. The van der Waals surface area contributed by atoms with Gasteiger partial charge < -0.3 is 9.15 Å². The molecule has 2 aliphatic rings. The van der Waals surface area contributed by atoms with Gasteiger partial charge in [-0.05, 0) is 37.8 Å². The molecule has 0 amide bonds. The highest BCUT2D eigenvalue weighted by atomic mass is 32.2. The minimum atomic E-state index is -3.56. The molecule has 2 saturated heterocycles. The third kappa shape index (κ3) is 4.00. The fourth-order valence-corrected chi connectivity index (χ4v) is 5.63. The molecule has 2 aliphatic heterocycles. The summed E-state index contributed by atoms with van der Waals surface area (Å²) in [5.41, 5.74) is -0.273. The lowest BCUT2D eigenvalue weighted by molar-refractivity contribution is 0.0941. The molecule has 11 heteroatoms. The Hall–Kier alpha value is -1.56. The molecule has 0 saturated carbocycles. The molecule has 148 valence electrons. The van der Waals surface area contributed by atoms with Gasteiger partial charge in [0, 0.05) is 19.7 Å². The van der Waals surface area contributed by atoms with Crippen LogP contribution in [-0.4, -0.2) is 53.3 Å². The van der Waals surface area contributed by atoms with Crippen molar-refractivity contribution >= 4 is 21.8 Å². The van der Waals surface area contributed by atoms with Crippen LogP contribution in [0.5, 0.6) is 0 Å². The number of hydrogen-bond acceptors (Lipinski definition) is 7. The molecule has 0 aliphatic carbocycles. The molecule has 0 spiro atoms. The molecular weight excluding hydrogens is 392 g/mol. The highest BCUT2D eigenvalue weighted by molar-refractivity contribution is 7.98. The van der Waals surface area contributed by atoms with Crippen molar-refractivity contribution in [1.82, 2.24) is 19.1 Å². The summed E-state index contributed by atoms with van der Waals surface area (Å²) < 4.78 is 39.2. The molecule has 2 aromatic heterocycles. The highest BCUT2D eigenvalue weighted by Gasteiger charge is 2.30. The second-order valence-electron chi connectivity index (χ2n) is 6.68. The normalized spacial score (nSPS) is 21.3. The molecule has 9 nitrogen and oxygen atoms in total. The van der Waals surface area contributed by atoms with Gasteiger partial charge in [0.15, 0.2) is 5.16 Å². The van der Waals surface area contributed by atoms with Crippen molar-refractivity contribution in [3.63, 3.8) is 0 Å². The zero-order valence-electron chi connectivity index (χ0n) is 14.8. The second kappa shape index (κ2) is 7.82. The van der Waals surface area contributed by atoms with E-state index < -0.39 is 10.0 Å². The summed E-state index contributed by atoms with van der Waals surface area (Å²) in [7, 11) is -3.56. The van der Waals surface area contributed by atoms with E-state index in [2.05, 4.69) is 10.2 Å². The van der Waals surface area contributed by atoms with Gasteiger partial charge in [0.1, 0.15) is 5.76 Å². The minimum Gasteiger partial charge on any atom is -0.447 e. The first-order chi connectivity index (χ1) is 13.0. The predicted molar refractivity (Wildman–Crippen MR) is 98.1 cm³/mol. The molecular formula is C16H22N4O5S2. The molecule has 2 fully saturated rings. The number of aromatic amines is 1. The average Bonchev–Trinajstić information content (AvgIpc) is 3.44. The Bertz CT molecular complexity index is 936. The first-order valence-corrected chi connectivity index (χ1v) is 11.4. The standard InChI is InChI=1S/C16H22N4O5S2/c21-15-17-18-16(20(15)10-12-4-3-9-24-12)26-11-13-5-6-14(25-13)27(22,23)19-7-1-2-8-19/h5-6,12H,1-4,7-11H2,(H,17,21). The van der Waals surface area contributed by atoms with Crippen molar-refractivity contribution in [2.75, 3.05) is 19.7 Å². The number of furan rings is 1. The number of ether oxygens (including phenoxy) is 1. The van der Waals surface area contributed by atoms with E-state index in [1.165, 1.54) is 22.1 Å². The van der Waals surface area contributed by atoms with E-state index >= 15 is 0 Å². The molecule has 27 heavy (non-hydrogen) atoms. The van der Waals surface area contributed by atoms with Gasteiger partial charge in [0.2, 0.25) is 5.09 Å². The first kappa shape index (κ1) is 18.8. The molecule has 1 atom stereocenters. The summed E-state index contributed by atoms with van der Waals surface area (Å²) in [6.45, 7) is 2.26. The number of nitrogens with one attached hydrogen (secondary N) is 1. The van der Waals surface area contributed by atoms with Gasteiger partial charge in [0.05, 0.1) is 18.4 Å². The lowest BCUT2D eigenvalue weighted by Gasteiger charge is -2.12. The number of hydrogen-bond donors (Lipinski definition) is 1. The first-order valence-electron chi connectivity index (χ1n) is 9.02. The topological polar surface area (TPSA) is 110 Å². The van der Waals surface area contributed by atoms with Crippen LogP contribution in [0.25, 0.3) is 0 Å². The van der Waals surface area contributed by atoms with E-state index in [4.69, 9.17) is 9.15 Å². The summed E-state index contributed by atoms with van der Waals surface area (Å²) in [5.74, 6) is 0.905. The molecule has 4 heterocycles. The van der Waals surface area contributed by atoms with Gasteiger partial charge in [-0.25, -0.2) is 18.3 Å². The lowest BCUT2D eigenvalue weighted by atomic mass is 10.2. The lowest BCUT2D eigenvalue weighted by Crippen LogP contribution is -2.27. The summed E-state index contributed by atoms with van der Waals surface area (Å²) in [6.07, 6.45) is 3.71. The van der Waals surface area contributed by atoms with E-state index in [-0.39, 0.29) is 16.9 Å². The van der Waals surface area contributed by atoms with Crippen LogP contribution in [0.1, 0.15) is 31.4 Å². The fraction of sp³-hybridized carbons (Fsp3) is 0.625. The van der Waals surface area contributed by atoms with Crippen molar-refractivity contribution in [3.05, 3.63) is 28.4 Å². The Morgan fingerprint density at radius 2 is 2.07 bits per heavy atom. The Labute approximate surface area is 161 Å². The maximum absolute atomic E-state index is 12.5. The van der Waals surface area contributed by atoms with Gasteiger partial charge in [-0.15, -0.1) is 5.10 Å². The summed E-state index contributed by atoms with van der Waals surface area (Å²) in [4.78, 5) is 12.0. The Kier molecular flexibility index (Phi) is 5.44. The van der Waals surface area contributed by atoms with Crippen LogP contribution in [0.4, 0.5) is 0 Å². The monoisotopic (exact) mass is 414 g/mol. The second-order valence-corrected chi connectivity index (χ2v) is 9.49. The summed E-state index contributed by atoms with van der Waals surface area (Å²) in [6, 6.07) is 3.15. The van der Waals surface area contributed by atoms with E-state index in [0.717, 1.165) is 32.3 Å². The van der Waals surface area contributed by atoms with E-state index in [1.54, 1.807) is 10.6 Å². The predicted octanol–water partition coefficient (Wildman–Crippen LogP) is 1.42. The van der Waals surface area contributed by atoms with Crippen molar-refractivity contribution in [2.24, 2.45) is 0 Å². The van der Waals surface area contributed by atoms with Crippen LogP contribution in [0.15, 0.2) is 31.6 Å². The molecule has 0 radical (unpaired) electrons. The van der Waals surface area contributed by atoms with Gasteiger partial charge in [-0.1, -0.05) is 11.8 Å². The van der Waals surface area contributed by atoms with Crippen LogP contribution >= 0.6 is 11.8 Å².